The fourth-order valence-corrected chi connectivity index (χ4v) is 4.71. The molecular weight excluding hydrogens is 459 g/mol. The summed E-state index contributed by atoms with van der Waals surface area (Å²) in [6.45, 7) is 2.43. The van der Waals surface area contributed by atoms with Gasteiger partial charge in [-0.3, -0.25) is 0 Å². The van der Waals surface area contributed by atoms with E-state index in [-0.39, 0.29) is 24.4 Å². The normalized spacial score (nSPS) is 19.9. The summed E-state index contributed by atoms with van der Waals surface area (Å²) in [6, 6.07) is 8.67. The van der Waals surface area contributed by atoms with Crippen LogP contribution in [0.5, 0.6) is 0 Å². The second-order valence-electron chi connectivity index (χ2n) is 9.57. The smallest absolute Gasteiger partial charge is 0.163 e. The van der Waals surface area contributed by atoms with Gasteiger partial charge in [-0.15, -0.1) is 0 Å². The van der Waals surface area contributed by atoms with E-state index in [9.17, 15) is 9.50 Å². The standard InChI is InChI=1S/C26H29FN8O/c27-21-10-17(25-29-7-1-8-30-25)4-5-18(21)12-32-24-11-23(31-13-19-6-9-28-15-22(19)36)34-26-20(16-2-3-16)14-33-35(24)26/h1,4-5,7-8,10-11,14,16,19,22,28,32,36H,2-3,6,9,12-13,15H2,(H,31,34)/t19-,22+/m1/s1. The van der Waals surface area contributed by atoms with Crippen molar-refractivity contribution in [1.82, 2.24) is 29.9 Å². The van der Waals surface area contributed by atoms with E-state index in [2.05, 4.69) is 31.0 Å². The molecule has 0 bridgehead atoms. The number of nitrogens with one attached hydrogen (secondary N) is 3. The largest absolute Gasteiger partial charge is 0.391 e. The van der Waals surface area contributed by atoms with Crippen LogP contribution in [0.4, 0.5) is 16.0 Å². The maximum atomic E-state index is 14.9. The zero-order valence-electron chi connectivity index (χ0n) is 19.9. The van der Waals surface area contributed by atoms with Gasteiger partial charge in [0.15, 0.2) is 11.5 Å². The Kier molecular flexibility index (Phi) is 6.20. The molecule has 1 saturated heterocycles. The summed E-state index contributed by atoms with van der Waals surface area (Å²) in [5.74, 6) is 2.27. The Hall–Kier alpha value is -3.63. The van der Waals surface area contributed by atoms with Crippen molar-refractivity contribution in [3.05, 3.63) is 65.9 Å². The SMILES string of the molecule is O[C@H]1CNCC[C@@H]1CNc1cc(NCc2ccc(-c3ncccn3)cc2F)n2ncc(C3CC3)c2n1. The highest BCUT2D eigenvalue weighted by Crippen LogP contribution is 2.42. The van der Waals surface area contributed by atoms with Gasteiger partial charge >= 0.3 is 0 Å². The lowest BCUT2D eigenvalue weighted by molar-refractivity contribution is 0.0883. The minimum absolute atomic E-state index is 0.162. The van der Waals surface area contributed by atoms with E-state index in [1.165, 1.54) is 6.07 Å². The van der Waals surface area contributed by atoms with Crippen LogP contribution in [0.3, 0.4) is 0 Å². The van der Waals surface area contributed by atoms with Gasteiger partial charge in [0, 0.05) is 60.7 Å². The number of aliphatic hydroxyl groups is 1. The zero-order valence-corrected chi connectivity index (χ0v) is 19.9. The van der Waals surface area contributed by atoms with E-state index < -0.39 is 0 Å². The third kappa shape index (κ3) is 4.74. The van der Waals surface area contributed by atoms with Gasteiger partial charge in [0.25, 0.3) is 0 Å². The van der Waals surface area contributed by atoms with Crippen molar-refractivity contribution in [3.8, 4) is 11.4 Å². The summed E-state index contributed by atoms with van der Waals surface area (Å²) < 4.78 is 16.7. The first-order valence-electron chi connectivity index (χ1n) is 12.5. The highest BCUT2D eigenvalue weighted by molar-refractivity contribution is 5.62. The number of fused-ring (bicyclic) bond motifs is 1. The number of halogens is 1. The second kappa shape index (κ2) is 9.79. The average molecular weight is 489 g/mol. The van der Waals surface area contributed by atoms with Gasteiger partial charge in [-0.05, 0) is 43.9 Å². The minimum atomic E-state index is -0.378. The van der Waals surface area contributed by atoms with Crippen LogP contribution in [0, 0.1) is 11.7 Å². The van der Waals surface area contributed by atoms with E-state index >= 15 is 0 Å². The summed E-state index contributed by atoms with van der Waals surface area (Å²) in [5, 5.41) is 24.9. The first-order chi connectivity index (χ1) is 17.7. The number of anilines is 2. The maximum Gasteiger partial charge on any atom is 0.163 e. The molecule has 186 valence electrons. The van der Waals surface area contributed by atoms with Crippen LogP contribution in [0.2, 0.25) is 0 Å². The van der Waals surface area contributed by atoms with Crippen LogP contribution in [0.1, 0.15) is 36.3 Å². The monoisotopic (exact) mass is 488 g/mol. The molecule has 2 aliphatic rings. The molecule has 36 heavy (non-hydrogen) atoms. The molecule has 0 amide bonds. The molecule has 4 heterocycles. The summed E-state index contributed by atoms with van der Waals surface area (Å²) in [4.78, 5) is 13.2. The van der Waals surface area contributed by atoms with E-state index in [4.69, 9.17) is 4.98 Å². The molecule has 1 aromatic carbocycles. The van der Waals surface area contributed by atoms with Gasteiger partial charge in [-0.2, -0.15) is 9.61 Å². The molecule has 0 radical (unpaired) electrons. The Balaban J connectivity index is 1.23. The first-order valence-corrected chi connectivity index (χ1v) is 12.5. The number of hydrogen-bond acceptors (Lipinski definition) is 8. The van der Waals surface area contributed by atoms with Crippen LogP contribution < -0.4 is 16.0 Å². The summed E-state index contributed by atoms with van der Waals surface area (Å²) in [7, 11) is 0. The lowest BCUT2D eigenvalue weighted by atomic mass is 9.95. The van der Waals surface area contributed by atoms with Crippen molar-refractivity contribution in [3.63, 3.8) is 0 Å². The van der Waals surface area contributed by atoms with Crippen molar-refractivity contribution in [1.29, 1.82) is 0 Å². The van der Waals surface area contributed by atoms with Gasteiger partial charge in [0.1, 0.15) is 17.5 Å². The number of rotatable bonds is 8. The lowest BCUT2D eigenvalue weighted by Crippen LogP contribution is -2.43. The molecule has 0 spiro atoms. The highest BCUT2D eigenvalue weighted by Gasteiger charge is 2.28. The number of β-amino-alcohol motifs (C(OH)–C–C–N with tert-alkyl or cyclic N) is 1. The van der Waals surface area contributed by atoms with Gasteiger partial charge < -0.3 is 21.1 Å². The third-order valence-corrected chi connectivity index (χ3v) is 6.99. The fraction of sp³-hybridized carbons (Fsp3) is 0.385. The Morgan fingerprint density at radius 2 is 1.97 bits per heavy atom. The van der Waals surface area contributed by atoms with Gasteiger partial charge in [0.2, 0.25) is 0 Å². The van der Waals surface area contributed by atoms with Crippen LogP contribution in [-0.2, 0) is 6.54 Å². The highest BCUT2D eigenvalue weighted by atomic mass is 19.1. The number of benzene rings is 1. The number of aliphatic hydroxyl groups excluding tert-OH is 1. The molecular formula is C26H29FN8O. The van der Waals surface area contributed by atoms with Crippen LogP contribution in [0.15, 0.2) is 48.9 Å². The Bertz CT molecular complexity index is 1360. The topological polar surface area (TPSA) is 112 Å². The number of piperidine rings is 1. The Morgan fingerprint density at radius 3 is 2.75 bits per heavy atom. The molecule has 1 aliphatic heterocycles. The van der Waals surface area contributed by atoms with Gasteiger partial charge in [-0.1, -0.05) is 12.1 Å². The van der Waals surface area contributed by atoms with Crippen molar-refractivity contribution in [2.24, 2.45) is 5.92 Å². The summed E-state index contributed by atoms with van der Waals surface area (Å²) >= 11 is 0. The average Bonchev–Trinajstić information content (AvgIpc) is 3.66. The predicted octanol–water partition coefficient (Wildman–Crippen LogP) is 3.20. The van der Waals surface area contributed by atoms with E-state index in [1.807, 2.05) is 18.3 Å². The Labute approximate surface area is 208 Å². The molecule has 1 aliphatic carbocycles. The maximum absolute atomic E-state index is 14.9. The number of hydrogen-bond donors (Lipinski definition) is 4. The molecule has 0 unspecified atom stereocenters. The molecule has 2 atom stereocenters. The van der Waals surface area contributed by atoms with Crippen molar-refractivity contribution in [2.45, 2.75) is 37.8 Å². The second-order valence-corrected chi connectivity index (χ2v) is 9.57. The minimum Gasteiger partial charge on any atom is -0.391 e. The van der Waals surface area contributed by atoms with E-state index in [0.29, 0.717) is 36.0 Å². The van der Waals surface area contributed by atoms with E-state index in [1.54, 1.807) is 29.0 Å². The molecule has 2 fully saturated rings. The molecule has 9 nitrogen and oxygen atoms in total. The van der Waals surface area contributed by atoms with Crippen LogP contribution >= 0.6 is 0 Å². The first kappa shape index (κ1) is 22.8. The van der Waals surface area contributed by atoms with Crippen molar-refractivity contribution in [2.75, 3.05) is 30.3 Å². The van der Waals surface area contributed by atoms with Gasteiger partial charge in [0.05, 0.1) is 12.3 Å². The summed E-state index contributed by atoms with van der Waals surface area (Å²) in [6.07, 6.45) is 7.99. The van der Waals surface area contributed by atoms with E-state index in [0.717, 1.165) is 48.7 Å². The molecule has 3 aromatic heterocycles. The molecule has 6 rings (SSSR count). The fourth-order valence-electron chi connectivity index (χ4n) is 4.71. The Morgan fingerprint density at radius 1 is 1.11 bits per heavy atom. The number of nitrogens with zero attached hydrogens (tertiary/aromatic N) is 5. The van der Waals surface area contributed by atoms with Crippen molar-refractivity contribution < 1.29 is 9.50 Å². The van der Waals surface area contributed by atoms with Crippen molar-refractivity contribution >= 4 is 17.3 Å². The lowest BCUT2D eigenvalue weighted by Gasteiger charge is -2.28. The predicted molar refractivity (Wildman–Crippen MR) is 135 cm³/mol. The van der Waals surface area contributed by atoms with Crippen LogP contribution in [-0.4, -0.2) is 55.4 Å². The van der Waals surface area contributed by atoms with Gasteiger partial charge in [-0.25, -0.2) is 19.3 Å². The molecule has 10 heteroatoms. The molecule has 4 N–H and O–H groups in total. The third-order valence-electron chi connectivity index (χ3n) is 6.99. The quantitative estimate of drug-likeness (QED) is 0.299. The number of aromatic nitrogens is 5. The molecule has 1 saturated carbocycles. The summed E-state index contributed by atoms with van der Waals surface area (Å²) in [5.41, 5.74) is 3.12. The van der Waals surface area contributed by atoms with Crippen LogP contribution in [0.25, 0.3) is 17.0 Å². The zero-order chi connectivity index (χ0) is 24.5. The molecule has 4 aromatic rings.